The van der Waals surface area contributed by atoms with Gasteiger partial charge >= 0.3 is 0 Å². The molecule has 3 rings (SSSR count). The van der Waals surface area contributed by atoms with Gasteiger partial charge in [-0.15, -0.1) is 0 Å². The standard InChI is InChI=1S/C20H25FN2O/c1-22-10-11-24-19-12-17(8-9-18(19)21)20(14-23(2)15-20)13-16-6-4-3-5-7-16/h3-9,12,22H,10-11,13-15H2,1-2H3. The molecule has 2 aromatic rings. The van der Waals surface area contributed by atoms with Gasteiger partial charge in [-0.1, -0.05) is 36.4 Å². The number of nitrogens with zero attached hydrogens (tertiary/aromatic N) is 1. The van der Waals surface area contributed by atoms with Crippen LogP contribution in [-0.2, 0) is 11.8 Å². The van der Waals surface area contributed by atoms with Crippen LogP contribution in [0.25, 0.3) is 0 Å². The number of ether oxygens (including phenoxy) is 1. The second-order valence-electron chi connectivity index (χ2n) is 6.71. The van der Waals surface area contributed by atoms with E-state index in [9.17, 15) is 4.39 Å². The minimum atomic E-state index is -0.294. The first-order valence-corrected chi connectivity index (χ1v) is 8.43. The molecule has 1 saturated heterocycles. The van der Waals surface area contributed by atoms with Crippen molar-refractivity contribution in [1.82, 2.24) is 10.2 Å². The molecule has 2 aromatic carbocycles. The van der Waals surface area contributed by atoms with Crippen molar-refractivity contribution in [2.45, 2.75) is 11.8 Å². The Labute approximate surface area is 143 Å². The van der Waals surface area contributed by atoms with Crippen molar-refractivity contribution in [3.8, 4) is 5.75 Å². The number of hydrogen-bond acceptors (Lipinski definition) is 3. The maximum Gasteiger partial charge on any atom is 0.165 e. The largest absolute Gasteiger partial charge is 0.489 e. The normalized spacial score (nSPS) is 16.6. The van der Waals surface area contributed by atoms with E-state index in [-0.39, 0.29) is 11.2 Å². The van der Waals surface area contributed by atoms with Crippen LogP contribution in [0.15, 0.2) is 48.5 Å². The number of nitrogens with one attached hydrogen (secondary N) is 1. The summed E-state index contributed by atoms with van der Waals surface area (Å²) in [7, 11) is 3.98. The van der Waals surface area contributed by atoms with Crippen LogP contribution in [0.2, 0.25) is 0 Å². The van der Waals surface area contributed by atoms with Crippen LogP contribution in [0.4, 0.5) is 4.39 Å². The summed E-state index contributed by atoms with van der Waals surface area (Å²) in [4.78, 5) is 2.30. The Morgan fingerprint density at radius 2 is 1.92 bits per heavy atom. The average Bonchev–Trinajstić information content (AvgIpc) is 2.56. The minimum Gasteiger partial charge on any atom is -0.489 e. The molecule has 0 aliphatic carbocycles. The summed E-state index contributed by atoms with van der Waals surface area (Å²) >= 11 is 0. The molecule has 1 aliphatic heterocycles. The lowest BCUT2D eigenvalue weighted by atomic mass is 9.70. The van der Waals surface area contributed by atoms with E-state index < -0.39 is 0 Å². The van der Waals surface area contributed by atoms with Crippen molar-refractivity contribution in [3.05, 3.63) is 65.5 Å². The highest BCUT2D eigenvalue weighted by Crippen LogP contribution is 2.38. The first-order valence-electron chi connectivity index (χ1n) is 8.43. The van der Waals surface area contributed by atoms with Gasteiger partial charge in [-0.05, 0) is 43.8 Å². The monoisotopic (exact) mass is 328 g/mol. The summed E-state index contributed by atoms with van der Waals surface area (Å²) in [6, 6.07) is 15.8. The van der Waals surface area contributed by atoms with Gasteiger partial charge in [-0.25, -0.2) is 4.39 Å². The highest BCUT2D eigenvalue weighted by molar-refractivity contribution is 5.39. The summed E-state index contributed by atoms with van der Waals surface area (Å²) in [5.74, 6) is 0.0575. The molecule has 1 aliphatic rings. The van der Waals surface area contributed by atoms with E-state index in [1.165, 1.54) is 11.6 Å². The number of halogens is 1. The highest BCUT2D eigenvalue weighted by Gasteiger charge is 2.42. The van der Waals surface area contributed by atoms with Gasteiger partial charge in [0.15, 0.2) is 11.6 Å². The van der Waals surface area contributed by atoms with E-state index in [2.05, 4.69) is 41.5 Å². The third kappa shape index (κ3) is 3.60. The van der Waals surface area contributed by atoms with Crippen molar-refractivity contribution >= 4 is 0 Å². The molecule has 128 valence electrons. The lowest BCUT2D eigenvalue weighted by Gasteiger charge is -2.49. The molecule has 3 nitrogen and oxygen atoms in total. The van der Waals surface area contributed by atoms with Crippen LogP contribution in [0, 0.1) is 5.82 Å². The molecule has 0 spiro atoms. The Morgan fingerprint density at radius 3 is 2.58 bits per heavy atom. The Hall–Kier alpha value is -1.91. The average molecular weight is 328 g/mol. The van der Waals surface area contributed by atoms with Crippen molar-refractivity contribution in [1.29, 1.82) is 0 Å². The maximum atomic E-state index is 14.1. The van der Waals surface area contributed by atoms with E-state index in [4.69, 9.17) is 4.74 Å². The summed E-state index contributed by atoms with van der Waals surface area (Å²) in [6.07, 6.45) is 0.958. The molecule has 0 saturated carbocycles. The van der Waals surface area contributed by atoms with Crippen molar-refractivity contribution in [2.75, 3.05) is 40.3 Å². The molecule has 0 radical (unpaired) electrons. The van der Waals surface area contributed by atoms with Crippen LogP contribution in [0.5, 0.6) is 5.75 Å². The fourth-order valence-electron chi connectivity index (χ4n) is 3.58. The number of benzene rings is 2. The van der Waals surface area contributed by atoms with Gasteiger partial charge in [0.1, 0.15) is 6.61 Å². The van der Waals surface area contributed by atoms with E-state index in [1.807, 2.05) is 25.2 Å². The summed E-state index contributed by atoms with van der Waals surface area (Å²) in [5.41, 5.74) is 2.50. The van der Waals surface area contributed by atoms with E-state index in [1.54, 1.807) is 0 Å². The predicted octanol–water partition coefficient (Wildman–Crippen LogP) is 2.85. The maximum absolute atomic E-state index is 14.1. The van der Waals surface area contributed by atoms with E-state index in [0.29, 0.717) is 18.9 Å². The Morgan fingerprint density at radius 1 is 1.17 bits per heavy atom. The van der Waals surface area contributed by atoms with Crippen LogP contribution in [0.3, 0.4) is 0 Å². The fourth-order valence-corrected chi connectivity index (χ4v) is 3.58. The third-order valence-corrected chi connectivity index (χ3v) is 4.68. The lowest BCUT2D eigenvalue weighted by Crippen LogP contribution is -2.58. The third-order valence-electron chi connectivity index (χ3n) is 4.68. The van der Waals surface area contributed by atoms with Crippen molar-refractivity contribution in [3.63, 3.8) is 0 Å². The van der Waals surface area contributed by atoms with Gasteiger partial charge in [-0.3, -0.25) is 0 Å². The second kappa shape index (κ2) is 7.32. The van der Waals surface area contributed by atoms with E-state index in [0.717, 1.165) is 25.1 Å². The first kappa shape index (κ1) is 16.9. The molecule has 4 heteroatoms. The molecule has 0 bridgehead atoms. The van der Waals surface area contributed by atoms with Gasteiger partial charge in [0.25, 0.3) is 0 Å². The Bertz CT molecular complexity index is 669. The minimum absolute atomic E-state index is 0.0327. The molecule has 1 heterocycles. The molecule has 1 fully saturated rings. The van der Waals surface area contributed by atoms with Gasteiger partial charge in [0.05, 0.1) is 0 Å². The lowest BCUT2D eigenvalue weighted by molar-refractivity contribution is 0.0928. The quantitative estimate of drug-likeness (QED) is 0.791. The highest BCUT2D eigenvalue weighted by atomic mass is 19.1. The zero-order valence-corrected chi connectivity index (χ0v) is 14.4. The molecule has 0 amide bonds. The van der Waals surface area contributed by atoms with Crippen LogP contribution >= 0.6 is 0 Å². The fraction of sp³-hybridized carbons (Fsp3) is 0.400. The van der Waals surface area contributed by atoms with Gasteiger partial charge < -0.3 is 15.0 Å². The van der Waals surface area contributed by atoms with E-state index >= 15 is 0 Å². The number of rotatable bonds is 7. The summed E-state index contributed by atoms with van der Waals surface area (Å²) in [5, 5.41) is 3.01. The molecule has 0 aromatic heterocycles. The molecule has 1 N–H and O–H groups in total. The number of likely N-dealkylation sites (tertiary alicyclic amines) is 1. The number of hydrogen-bond donors (Lipinski definition) is 1. The van der Waals surface area contributed by atoms with Gasteiger partial charge in [0.2, 0.25) is 0 Å². The molecular formula is C20H25FN2O. The van der Waals surface area contributed by atoms with Crippen molar-refractivity contribution in [2.24, 2.45) is 0 Å². The Kier molecular flexibility index (Phi) is 5.17. The van der Waals surface area contributed by atoms with Crippen molar-refractivity contribution < 1.29 is 9.13 Å². The zero-order valence-electron chi connectivity index (χ0n) is 14.4. The van der Waals surface area contributed by atoms with Gasteiger partial charge in [0, 0.05) is 25.0 Å². The van der Waals surface area contributed by atoms with Gasteiger partial charge in [-0.2, -0.15) is 0 Å². The van der Waals surface area contributed by atoms with Crippen LogP contribution < -0.4 is 10.1 Å². The molecule has 0 atom stereocenters. The summed E-state index contributed by atoms with van der Waals surface area (Å²) < 4.78 is 19.7. The Balaban J connectivity index is 1.84. The first-order chi connectivity index (χ1) is 11.6. The van der Waals surface area contributed by atoms with Crippen LogP contribution in [-0.4, -0.2) is 45.2 Å². The number of likely N-dealkylation sites (N-methyl/N-ethyl adjacent to an activating group) is 2. The van der Waals surface area contributed by atoms with Crippen LogP contribution in [0.1, 0.15) is 11.1 Å². The smallest absolute Gasteiger partial charge is 0.165 e. The molecule has 0 unspecified atom stereocenters. The summed E-state index contributed by atoms with van der Waals surface area (Å²) in [6.45, 7) is 3.11. The zero-order chi connectivity index (χ0) is 17.0. The molecule has 24 heavy (non-hydrogen) atoms. The SMILES string of the molecule is CNCCOc1cc(C2(Cc3ccccc3)CN(C)C2)ccc1F. The molecular weight excluding hydrogens is 303 g/mol. The predicted molar refractivity (Wildman–Crippen MR) is 95.1 cm³/mol. The second-order valence-corrected chi connectivity index (χ2v) is 6.71. The topological polar surface area (TPSA) is 24.5 Å².